The quantitative estimate of drug-likeness (QED) is 0.684. The minimum absolute atomic E-state index is 0.689. The molecule has 0 N–H and O–H groups in total. The first-order chi connectivity index (χ1) is 8.25. The van der Waals surface area contributed by atoms with Gasteiger partial charge in [0, 0.05) is 21.1 Å². The van der Waals surface area contributed by atoms with Gasteiger partial charge in [-0.15, -0.1) is 0 Å². The fraction of sp³-hybridized carbons (Fsp3) is 0. The fourth-order valence-corrected chi connectivity index (χ4v) is 2.33. The topological polar surface area (TPSA) is 30.7 Å². The van der Waals surface area contributed by atoms with Crippen molar-refractivity contribution in [3.63, 3.8) is 0 Å². The Bertz CT molecular complexity index is 693. The zero-order valence-electron chi connectivity index (χ0n) is 8.64. The molecular weight excluding hydrogens is 302 g/mol. The average molecular weight is 309 g/mol. The van der Waals surface area contributed by atoms with Crippen LogP contribution in [0.1, 0.15) is 0 Å². The highest BCUT2D eigenvalue weighted by molar-refractivity contribution is 9.10. The Morgan fingerprint density at radius 3 is 2.88 bits per heavy atom. The lowest BCUT2D eigenvalue weighted by Crippen LogP contribution is -1.95. The second-order valence-corrected chi connectivity index (χ2v) is 4.88. The summed E-state index contributed by atoms with van der Waals surface area (Å²) in [5.74, 6) is 0. The molecule has 0 radical (unpaired) electrons. The van der Waals surface area contributed by atoms with Crippen LogP contribution in [0.25, 0.3) is 16.6 Å². The molecule has 0 amide bonds. The van der Waals surface area contributed by atoms with Gasteiger partial charge in [-0.2, -0.15) is 5.10 Å². The van der Waals surface area contributed by atoms with Gasteiger partial charge in [-0.3, -0.25) is 4.98 Å². The van der Waals surface area contributed by atoms with Crippen molar-refractivity contribution in [3.05, 3.63) is 52.4 Å². The normalized spacial score (nSPS) is 10.9. The van der Waals surface area contributed by atoms with E-state index in [1.807, 2.05) is 35.1 Å². The summed E-state index contributed by atoms with van der Waals surface area (Å²) >= 11 is 9.43. The summed E-state index contributed by atoms with van der Waals surface area (Å²) in [6.45, 7) is 0. The molecule has 17 heavy (non-hydrogen) atoms. The first kappa shape index (κ1) is 10.7. The van der Waals surface area contributed by atoms with Gasteiger partial charge >= 0.3 is 0 Å². The molecule has 0 unspecified atom stereocenters. The van der Waals surface area contributed by atoms with E-state index in [-0.39, 0.29) is 0 Å². The van der Waals surface area contributed by atoms with Crippen LogP contribution in [0.4, 0.5) is 0 Å². The van der Waals surface area contributed by atoms with E-state index in [1.165, 1.54) is 0 Å². The van der Waals surface area contributed by atoms with Gasteiger partial charge in [-0.25, -0.2) is 4.68 Å². The Kier molecular flexibility index (Phi) is 2.61. The Labute approximate surface area is 111 Å². The Hall–Kier alpha value is -1.39. The molecule has 0 bridgehead atoms. The van der Waals surface area contributed by atoms with E-state index in [9.17, 15) is 0 Å². The van der Waals surface area contributed by atoms with E-state index in [4.69, 9.17) is 11.6 Å². The van der Waals surface area contributed by atoms with Crippen LogP contribution in [-0.2, 0) is 0 Å². The van der Waals surface area contributed by atoms with Crippen LogP contribution in [0, 0.1) is 0 Å². The van der Waals surface area contributed by atoms with E-state index >= 15 is 0 Å². The van der Waals surface area contributed by atoms with Crippen molar-refractivity contribution in [3.8, 4) is 5.69 Å². The van der Waals surface area contributed by atoms with Gasteiger partial charge in [-0.05, 0) is 34.1 Å². The molecule has 3 rings (SSSR count). The van der Waals surface area contributed by atoms with Gasteiger partial charge in [0.2, 0.25) is 0 Å². The van der Waals surface area contributed by atoms with Crippen LogP contribution in [0.5, 0.6) is 0 Å². The molecule has 1 aromatic carbocycles. The summed E-state index contributed by atoms with van der Waals surface area (Å²) in [7, 11) is 0. The van der Waals surface area contributed by atoms with Gasteiger partial charge in [-0.1, -0.05) is 17.7 Å². The highest BCUT2D eigenvalue weighted by Gasteiger charge is 2.07. The van der Waals surface area contributed by atoms with Gasteiger partial charge in [0.25, 0.3) is 0 Å². The van der Waals surface area contributed by atoms with E-state index in [1.54, 1.807) is 12.4 Å². The molecule has 2 heterocycles. The maximum Gasteiger partial charge on any atom is 0.0935 e. The molecular formula is C12H7BrClN3. The van der Waals surface area contributed by atoms with Gasteiger partial charge in [0.15, 0.2) is 0 Å². The van der Waals surface area contributed by atoms with E-state index < -0.39 is 0 Å². The SMILES string of the molecule is Clc1cccc(-n2ncc3c(Br)cncc32)c1. The number of hydrogen-bond acceptors (Lipinski definition) is 2. The zero-order valence-corrected chi connectivity index (χ0v) is 11.0. The van der Waals surface area contributed by atoms with E-state index in [2.05, 4.69) is 26.0 Å². The third kappa shape index (κ3) is 1.83. The molecule has 0 atom stereocenters. The molecule has 0 aliphatic carbocycles. The molecule has 0 aliphatic rings. The van der Waals surface area contributed by atoms with Crippen molar-refractivity contribution in [1.82, 2.24) is 14.8 Å². The molecule has 0 saturated carbocycles. The van der Waals surface area contributed by atoms with Crippen LogP contribution < -0.4 is 0 Å². The number of halogens is 2. The van der Waals surface area contributed by atoms with Gasteiger partial charge in [0.05, 0.1) is 23.6 Å². The summed E-state index contributed by atoms with van der Waals surface area (Å²) < 4.78 is 2.75. The smallest absolute Gasteiger partial charge is 0.0935 e. The number of rotatable bonds is 1. The molecule has 2 aromatic heterocycles. The largest absolute Gasteiger partial charge is 0.261 e. The molecule has 3 aromatic rings. The summed E-state index contributed by atoms with van der Waals surface area (Å²) in [4.78, 5) is 4.15. The van der Waals surface area contributed by atoms with Gasteiger partial charge in [0.1, 0.15) is 0 Å². The van der Waals surface area contributed by atoms with Crippen molar-refractivity contribution < 1.29 is 0 Å². The first-order valence-corrected chi connectivity index (χ1v) is 6.16. The van der Waals surface area contributed by atoms with Crippen LogP contribution in [-0.4, -0.2) is 14.8 Å². The first-order valence-electron chi connectivity index (χ1n) is 4.99. The van der Waals surface area contributed by atoms with Gasteiger partial charge < -0.3 is 0 Å². The number of fused-ring (bicyclic) bond motifs is 1. The minimum Gasteiger partial charge on any atom is -0.261 e. The molecule has 3 nitrogen and oxygen atoms in total. The number of hydrogen-bond donors (Lipinski definition) is 0. The predicted molar refractivity (Wildman–Crippen MR) is 71.6 cm³/mol. The van der Waals surface area contributed by atoms with Crippen LogP contribution in [0.15, 0.2) is 47.3 Å². The van der Waals surface area contributed by atoms with Crippen LogP contribution >= 0.6 is 27.5 Å². The van der Waals surface area contributed by atoms with Crippen molar-refractivity contribution >= 4 is 38.4 Å². The average Bonchev–Trinajstić information content (AvgIpc) is 2.74. The summed E-state index contributed by atoms with van der Waals surface area (Å²) in [6.07, 6.45) is 5.35. The molecule has 5 heteroatoms. The van der Waals surface area contributed by atoms with Crippen molar-refractivity contribution in [1.29, 1.82) is 0 Å². The highest BCUT2D eigenvalue weighted by Crippen LogP contribution is 2.25. The fourth-order valence-electron chi connectivity index (χ4n) is 1.72. The van der Waals surface area contributed by atoms with Crippen molar-refractivity contribution in [2.24, 2.45) is 0 Å². The molecule has 0 spiro atoms. The standard InChI is InChI=1S/C12H7BrClN3/c13-11-6-15-7-12-10(11)5-16-17(12)9-3-1-2-8(14)4-9/h1-7H. The maximum absolute atomic E-state index is 5.98. The maximum atomic E-state index is 5.98. The molecule has 0 fully saturated rings. The number of nitrogens with zero attached hydrogens (tertiary/aromatic N) is 3. The molecule has 84 valence electrons. The number of benzene rings is 1. The van der Waals surface area contributed by atoms with Crippen LogP contribution in [0.3, 0.4) is 0 Å². The van der Waals surface area contributed by atoms with Crippen LogP contribution in [0.2, 0.25) is 5.02 Å². The second kappa shape index (κ2) is 4.13. The number of aromatic nitrogens is 3. The molecule has 0 aliphatic heterocycles. The minimum atomic E-state index is 0.689. The Morgan fingerprint density at radius 1 is 1.18 bits per heavy atom. The third-order valence-corrected chi connectivity index (χ3v) is 3.37. The summed E-state index contributed by atoms with van der Waals surface area (Å²) in [5, 5.41) is 6.07. The van der Waals surface area contributed by atoms with E-state index in [0.717, 1.165) is 21.1 Å². The Morgan fingerprint density at radius 2 is 2.06 bits per heavy atom. The van der Waals surface area contributed by atoms with E-state index in [0.29, 0.717) is 5.02 Å². The summed E-state index contributed by atoms with van der Waals surface area (Å²) in [5.41, 5.74) is 1.87. The monoisotopic (exact) mass is 307 g/mol. The lowest BCUT2D eigenvalue weighted by atomic mass is 10.3. The zero-order chi connectivity index (χ0) is 11.8. The second-order valence-electron chi connectivity index (χ2n) is 3.59. The lowest BCUT2D eigenvalue weighted by Gasteiger charge is -2.03. The summed E-state index contributed by atoms with van der Waals surface area (Å²) in [6, 6.07) is 7.57. The lowest BCUT2D eigenvalue weighted by molar-refractivity contribution is 0.908. The predicted octanol–water partition coefficient (Wildman–Crippen LogP) is 3.84. The van der Waals surface area contributed by atoms with Crippen molar-refractivity contribution in [2.75, 3.05) is 0 Å². The highest BCUT2D eigenvalue weighted by atomic mass is 79.9. The molecule has 0 saturated heterocycles. The number of pyridine rings is 1. The van der Waals surface area contributed by atoms with Crippen molar-refractivity contribution in [2.45, 2.75) is 0 Å². The third-order valence-electron chi connectivity index (χ3n) is 2.50. The Balaban J connectivity index is 2.28.